The topological polar surface area (TPSA) is 66.7 Å². The van der Waals surface area contributed by atoms with Gasteiger partial charge in [0.2, 0.25) is 5.82 Å². The second kappa shape index (κ2) is 8.03. The highest BCUT2D eigenvalue weighted by atomic mass is 16.2. The van der Waals surface area contributed by atoms with E-state index in [1.54, 1.807) is 21.6 Å². The van der Waals surface area contributed by atoms with E-state index >= 15 is 0 Å². The summed E-state index contributed by atoms with van der Waals surface area (Å²) in [6.45, 7) is 6.36. The predicted molar refractivity (Wildman–Crippen MR) is 106 cm³/mol. The number of anilines is 1. The van der Waals surface area contributed by atoms with Gasteiger partial charge in [0.15, 0.2) is 5.69 Å². The number of imidazole rings is 1. The maximum atomic E-state index is 13.2. The number of carbonyl (C=O) groups is 2. The molecule has 2 aromatic heterocycles. The first-order chi connectivity index (χ1) is 13.1. The number of hydrogen-bond donors (Lipinski definition) is 1. The first-order valence-corrected chi connectivity index (χ1v) is 9.21. The van der Waals surface area contributed by atoms with Crippen LogP contribution in [0.15, 0.2) is 54.7 Å². The first-order valence-electron chi connectivity index (χ1n) is 9.21. The molecule has 0 spiro atoms. The van der Waals surface area contributed by atoms with Crippen molar-refractivity contribution in [2.75, 3.05) is 11.4 Å². The molecule has 1 unspecified atom stereocenters. The molecule has 0 radical (unpaired) electrons. The molecule has 0 aliphatic rings. The van der Waals surface area contributed by atoms with Crippen molar-refractivity contribution >= 4 is 23.0 Å². The van der Waals surface area contributed by atoms with Gasteiger partial charge in [-0.15, -0.1) is 0 Å². The van der Waals surface area contributed by atoms with E-state index < -0.39 is 0 Å². The van der Waals surface area contributed by atoms with Crippen LogP contribution < -0.4 is 10.2 Å². The molecule has 0 saturated carbocycles. The summed E-state index contributed by atoms with van der Waals surface area (Å²) in [6, 6.07) is 14.9. The molecule has 1 N–H and O–H groups in total. The molecule has 140 valence electrons. The molecule has 0 saturated heterocycles. The van der Waals surface area contributed by atoms with Crippen LogP contribution in [-0.2, 0) is 0 Å². The van der Waals surface area contributed by atoms with Crippen LogP contribution in [0.25, 0.3) is 5.52 Å². The van der Waals surface area contributed by atoms with Crippen LogP contribution in [0.4, 0.5) is 5.69 Å². The van der Waals surface area contributed by atoms with Crippen LogP contribution in [0.2, 0.25) is 0 Å². The van der Waals surface area contributed by atoms with Gasteiger partial charge in [0.05, 0.1) is 5.52 Å². The third kappa shape index (κ3) is 3.69. The molecule has 0 aliphatic carbocycles. The second-order valence-corrected chi connectivity index (χ2v) is 6.41. The van der Waals surface area contributed by atoms with Crippen LogP contribution >= 0.6 is 0 Å². The Hall–Kier alpha value is -3.15. The average molecular weight is 364 g/mol. The van der Waals surface area contributed by atoms with E-state index in [1.807, 2.05) is 63.2 Å². The summed E-state index contributed by atoms with van der Waals surface area (Å²) in [5.74, 6) is -0.291. The van der Waals surface area contributed by atoms with Gasteiger partial charge < -0.3 is 10.2 Å². The Labute approximate surface area is 158 Å². The molecule has 0 aliphatic heterocycles. The number of para-hydroxylation sites is 1. The van der Waals surface area contributed by atoms with Gasteiger partial charge in [-0.3, -0.25) is 14.0 Å². The Morgan fingerprint density at radius 1 is 1.11 bits per heavy atom. The summed E-state index contributed by atoms with van der Waals surface area (Å²) in [4.78, 5) is 32.0. The Bertz CT molecular complexity index is 949. The number of aromatic nitrogens is 2. The SMILES string of the molecule is CCC(C)NC(=O)c1nc(C(=O)N(CC)c2ccccc2)c2ccccn12. The van der Waals surface area contributed by atoms with Crippen molar-refractivity contribution in [3.8, 4) is 0 Å². The standard InChI is InChI=1S/C21H24N4O2/c1-4-15(3)22-20(26)19-23-18(17-13-9-10-14-25(17)19)21(27)24(5-2)16-11-7-6-8-12-16/h6-15H,4-5H2,1-3H3,(H,22,26). The smallest absolute Gasteiger partial charge is 0.287 e. The van der Waals surface area contributed by atoms with E-state index in [-0.39, 0.29) is 29.4 Å². The van der Waals surface area contributed by atoms with Crippen LogP contribution in [-0.4, -0.2) is 33.8 Å². The van der Waals surface area contributed by atoms with Gasteiger partial charge in [-0.05, 0) is 44.5 Å². The molecule has 6 nitrogen and oxygen atoms in total. The van der Waals surface area contributed by atoms with Gasteiger partial charge >= 0.3 is 0 Å². The van der Waals surface area contributed by atoms with Gasteiger partial charge in [0.1, 0.15) is 0 Å². The van der Waals surface area contributed by atoms with Crippen LogP contribution in [0.1, 0.15) is 48.3 Å². The van der Waals surface area contributed by atoms with E-state index in [0.29, 0.717) is 12.1 Å². The lowest BCUT2D eigenvalue weighted by molar-refractivity contribution is 0.0928. The molecule has 27 heavy (non-hydrogen) atoms. The number of rotatable bonds is 6. The number of nitrogens with one attached hydrogen (secondary N) is 1. The van der Waals surface area contributed by atoms with Crippen molar-refractivity contribution in [3.05, 3.63) is 66.2 Å². The van der Waals surface area contributed by atoms with Gasteiger partial charge in [-0.1, -0.05) is 31.2 Å². The summed E-state index contributed by atoms with van der Waals surface area (Å²) >= 11 is 0. The molecule has 2 amide bonds. The zero-order valence-electron chi connectivity index (χ0n) is 15.8. The number of amides is 2. The highest BCUT2D eigenvalue weighted by Crippen LogP contribution is 2.20. The lowest BCUT2D eigenvalue weighted by Crippen LogP contribution is -2.33. The number of nitrogens with zero attached hydrogens (tertiary/aromatic N) is 3. The molecule has 1 atom stereocenters. The second-order valence-electron chi connectivity index (χ2n) is 6.41. The minimum atomic E-state index is -0.285. The van der Waals surface area contributed by atoms with E-state index in [2.05, 4.69) is 10.3 Å². The lowest BCUT2D eigenvalue weighted by atomic mass is 10.2. The van der Waals surface area contributed by atoms with Crippen LogP contribution in [0, 0.1) is 0 Å². The highest BCUT2D eigenvalue weighted by molar-refractivity contribution is 6.10. The van der Waals surface area contributed by atoms with Crippen molar-refractivity contribution in [3.63, 3.8) is 0 Å². The molecule has 2 heterocycles. The fourth-order valence-corrected chi connectivity index (χ4v) is 2.92. The summed E-state index contributed by atoms with van der Waals surface area (Å²) in [7, 11) is 0. The minimum Gasteiger partial charge on any atom is -0.347 e. The van der Waals surface area contributed by atoms with E-state index in [4.69, 9.17) is 0 Å². The molecule has 0 bridgehead atoms. The summed E-state index contributed by atoms with van der Waals surface area (Å²) in [6.07, 6.45) is 2.57. The van der Waals surface area contributed by atoms with Crippen molar-refractivity contribution in [1.29, 1.82) is 0 Å². The van der Waals surface area contributed by atoms with E-state index in [9.17, 15) is 9.59 Å². The Morgan fingerprint density at radius 3 is 2.48 bits per heavy atom. The number of benzene rings is 1. The number of carbonyl (C=O) groups excluding carboxylic acids is 2. The van der Waals surface area contributed by atoms with Crippen molar-refractivity contribution in [2.45, 2.75) is 33.2 Å². The Kier molecular flexibility index (Phi) is 5.54. The van der Waals surface area contributed by atoms with Crippen molar-refractivity contribution in [1.82, 2.24) is 14.7 Å². The third-order valence-corrected chi connectivity index (χ3v) is 4.57. The van der Waals surface area contributed by atoms with Crippen LogP contribution in [0.5, 0.6) is 0 Å². The summed E-state index contributed by atoms with van der Waals surface area (Å²) < 4.78 is 1.67. The molecule has 3 rings (SSSR count). The normalized spacial score (nSPS) is 12.0. The predicted octanol–water partition coefficient (Wildman–Crippen LogP) is 3.53. The fraction of sp³-hybridized carbons (Fsp3) is 0.286. The zero-order valence-corrected chi connectivity index (χ0v) is 15.8. The van der Waals surface area contributed by atoms with Gasteiger partial charge in [0, 0.05) is 24.5 Å². The van der Waals surface area contributed by atoms with E-state index in [0.717, 1.165) is 12.1 Å². The molecule has 6 heteroatoms. The first kappa shape index (κ1) is 18.6. The van der Waals surface area contributed by atoms with Crippen LogP contribution in [0.3, 0.4) is 0 Å². The molecule has 3 aromatic rings. The number of fused-ring (bicyclic) bond motifs is 1. The number of hydrogen-bond acceptors (Lipinski definition) is 3. The molecular weight excluding hydrogens is 340 g/mol. The zero-order chi connectivity index (χ0) is 19.4. The maximum absolute atomic E-state index is 13.2. The van der Waals surface area contributed by atoms with Crippen molar-refractivity contribution in [2.24, 2.45) is 0 Å². The highest BCUT2D eigenvalue weighted by Gasteiger charge is 2.25. The molecular formula is C21H24N4O2. The molecule has 0 fully saturated rings. The quantitative estimate of drug-likeness (QED) is 0.728. The van der Waals surface area contributed by atoms with Gasteiger partial charge in [-0.25, -0.2) is 4.98 Å². The third-order valence-electron chi connectivity index (χ3n) is 4.57. The summed E-state index contributed by atoms with van der Waals surface area (Å²) in [5, 5.41) is 2.92. The van der Waals surface area contributed by atoms with Gasteiger partial charge in [0.25, 0.3) is 11.8 Å². The molecule has 1 aromatic carbocycles. The lowest BCUT2D eigenvalue weighted by Gasteiger charge is -2.20. The van der Waals surface area contributed by atoms with Crippen molar-refractivity contribution < 1.29 is 9.59 Å². The maximum Gasteiger partial charge on any atom is 0.287 e. The monoisotopic (exact) mass is 364 g/mol. The Balaban J connectivity index is 2.04. The minimum absolute atomic E-state index is 0.0316. The average Bonchev–Trinajstić information content (AvgIpc) is 3.09. The largest absolute Gasteiger partial charge is 0.347 e. The Morgan fingerprint density at radius 2 is 1.81 bits per heavy atom. The number of pyridine rings is 1. The van der Waals surface area contributed by atoms with E-state index in [1.165, 1.54) is 0 Å². The summed E-state index contributed by atoms with van der Waals surface area (Å²) in [5.41, 5.74) is 1.69. The fourth-order valence-electron chi connectivity index (χ4n) is 2.92. The van der Waals surface area contributed by atoms with Gasteiger partial charge in [-0.2, -0.15) is 0 Å².